The highest BCUT2D eigenvalue weighted by atomic mass is 16.5. The predicted octanol–water partition coefficient (Wildman–Crippen LogP) is 3.69. The molecule has 1 amide bonds. The van der Waals surface area contributed by atoms with Gasteiger partial charge in [-0.2, -0.15) is 4.98 Å². The highest BCUT2D eigenvalue weighted by molar-refractivity contribution is 5.73. The van der Waals surface area contributed by atoms with E-state index in [0.717, 1.165) is 68.3 Å². The van der Waals surface area contributed by atoms with Crippen molar-refractivity contribution >= 4 is 5.91 Å². The number of ether oxygens (including phenoxy) is 1. The average Bonchev–Trinajstić information content (AvgIpc) is 3.20. The van der Waals surface area contributed by atoms with Crippen LogP contribution in [0.4, 0.5) is 0 Å². The zero-order chi connectivity index (χ0) is 20.4. The number of benzene rings is 1. The maximum atomic E-state index is 11.6. The van der Waals surface area contributed by atoms with Crippen molar-refractivity contribution in [2.24, 2.45) is 0 Å². The molecule has 0 saturated carbocycles. The van der Waals surface area contributed by atoms with E-state index in [2.05, 4.69) is 4.90 Å². The summed E-state index contributed by atoms with van der Waals surface area (Å²) in [6.45, 7) is 9.50. The van der Waals surface area contributed by atoms with Crippen molar-refractivity contribution in [2.45, 2.75) is 52.0 Å². The van der Waals surface area contributed by atoms with Gasteiger partial charge in [-0.15, -0.1) is 0 Å². The van der Waals surface area contributed by atoms with Gasteiger partial charge in [0, 0.05) is 50.3 Å². The van der Waals surface area contributed by atoms with Gasteiger partial charge in [-0.3, -0.25) is 9.69 Å². The van der Waals surface area contributed by atoms with Crippen molar-refractivity contribution in [1.82, 2.24) is 19.8 Å². The first kappa shape index (κ1) is 19.8. The fraction of sp³-hybridized carbons (Fsp3) is 0.522. The number of carbonyl (C=O) groups excluding carboxylic acids is 1. The molecular formula is C23H30N4O2. The van der Waals surface area contributed by atoms with Gasteiger partial charge in [-0.1, -0.05) is 18.2 Å². The number of rotatable bonds is 4. The van der Waals surface area contributed by atoms with Crippen LogP contribution in [0.1, 0.15) is 49.2 Å². The lowest BCUT2D eigenvalue weighted by Gasteiger charge is -2.36. The van der Waals surface area contributed by atoms with Gasteiger partial charge in [-0.25, -0.2) is 4.98 Å². The van der Waals surface area contributed by atoms with Gasteiger partial charge in [0.15, 0.2) is 0 Å². The molecule has 29 heavy (non-hydrogen) atoms. The lowest BCUT2D eigenvalue weighted by Crippen LogP contribution is -2.45. The Bertz CT molecular complexity index is 877. The first-order chi connectivity index (χ1) is 14.0. The highest BCUT2D eigenvalue weighted by Gasteiger charge is 2.33. The number of para-hydroxylation sites is 1. The lowest BCUT2D eigenvalue weighted by atomic mass is 10.0. The van der Waals surface area contributed by atoms with E-state index in [1.165, 1.54) is 0 Å². The van der Waals surface area contributed by atoms with E-state index in [-0.39, 0.29) is 5.91 Å². The van der Waals surface area contributed by atoms with Crippen LogP contribution in [0.15, 0.2) is 30.3 Å². The maximum absolute atomic E-state index is 11.6. The van der Waals surface area contributed by atoms with Crippen LogP contribution in [-0.4, -0.2) is 57.9 Å². The van der Waals surface area contributed by atoms with Gasteiger partial charge in [0.2, 0.25) is 11.8 Å². The molecule has 0 aliphatic carbocycles. The quantitative estimate of drug-likeness (QED) is 0.792. The molecule has 1 aromatic carbocycles. The van der Waals surface area contributed by atoms with Crippen molar-refractivity contribution in [2.75, 3.05) is 26.2 Å². The molecule has 0 bridgehead atoms. The Morgan fingerprint density at radius 1 is 1.07 bits per heavy atom. The molecule has 0 N–H and O–H groups in total. The number of carbonyl (C=O) groups is 1. The molecule has 4 rings (SSSR count). The second kappa shape index (κ2) is 8.49. The summed E-state index contributed by atoms with van der Waals surface area (Å²) in [6.07, 6.45) is 3.19. The minimum absolute atomic E-state index is 0.192. The van der Waals surface area contributed by atoms with E-state index in [9.17, 15) is 4.79 Å². The van der Waals surface area contributed by atoms with Gasteiger partial charge >= 0.3 is 0 Å². The number of aromatic nitrogens is 2. The summed E-state index contributed by atoms with van der Waals surface area (Å²) in [5.74, 6) is 2.87. The van der Waals surface area contributed by atoms with E-state index >= 15 is 0 Å². The minimum Gasteiger partial charge on any atom is -0.439 e. The maximum Gasteiger partial charge on any atom is 0.222 e. The number of nitrogens with zero attached hydrogens (tertiary/aromatic N) is 4. The van der Waals surface area contributed by atoms with Crippen molar-refractivity contribution in [3.8, 4) is 11.6 Å². The monoisotopic (exact) mass is 394 g/mol. The molecular weight excluding hydrogens is 364 g/mol. The molecule has 6 nitrogen and oxygen atoms in total. The van der Waals surface area contributed by atoms with Gasteiger partial charge in [0.25, 0.3) is 0 Å². The number of piperidine rings is 1. The average molecular weight is 395 g/mol. The van der Waals surface area contributed by atoms with Crippen molar-refractivity contribution in [3.63, 3.8) is 0 Å². The third-order valence-corrected chi connectivity index (χ3v) is 6.17. The van der Waals surface area contributed by atoms with E-state index in [0.29, 0.717) is 17.8 Å². The van der Waals surface area contributed by atoms with Crippen molar-refractivity contribution < 1.29 is 9.53 Å². The van der Waals surface area contributed by atoms with Crippen LogP contribution < -0.4 is 4.74 Å². The molecule has 2 aliphatic heterocycles. The number of likely N-dealkylation sites (tertiary alicyclic amines) is 2. The van der Waals surface area contributed by atoms with Crippen molar-refractivity contribution in [1.29, 1.82) is 0 Å². The molecule has 1 aromatic heterocycles. The van der Waals surface area contributed by atoms with Gasteiger partial charge in [0.05, 0.1) is 0 Å². The molecule has 0 radical (unpaired) electrons. The molecule has 1 atom stereocenters. The zero-order valence-electron chi connectivity index (χ0n) is 17.6. The lowest BCUT2D eigenvalue weighted by molar-refractivity contribution is -0.130. The van der Waals surface area contributed by atoms with Crippen LogP contribution in [0.5, 0.6) is 11.6 Å². The molecule has 2 aliphatic rings. The summed E-state index contributed by atoms with van der Waals surface area (Å²) < 4.78 is 6.07. The molecule has 6 heteroatoms. The summed E-state index contributed by atoms with van der Waals surface area (Å²) in [6, 6.07) is 10.5. The van der Waals surface area contributed by atoms with Crippen LogP contribution in [0.25, 0.3) is 0 Å². The summed E-state index contributed by atoms with van der Waals surface area (Å²) >= 11 is 0. The first-order valence-corrected chi connectivity index (χ1v) is 10.6. The van der Waals surface area contributed by atoms with Gasteiger partial charge < -0.3 is 9.64 Å². The van der Waals surface area contributed by atoms with Crippen molar-refractivity contribution in [3.05, 3.63) is 47.4 Å². The molecule has 2 aromatic rings. The van der Waals surface area contributed by atoms with Crippen LogP contribution >= 0.6 is 0 Å². The van der Waals surface area contributed by atoms with Gasteiger partial charge in [-0.05, 0) is 51.3 Å². The smallest absolute Gasteiger partial charge is 0.222 e. The number of amides is 1. The number of hydrogen-bond acceptors (Lipinski definition) is 5. The van der Waals surface area contributed by atoms with E-state index in [1.807, 2.05) is 49.1 Å². The predicted molar refractivity (Wildman–Crippen MR) is 112 cm³/mol. The Morgan fingerprint density at radius 3 is 2.55 bits per heavy atom. The number of hydrogen-bond donors (Lipinski definition) is 0. The normalized spacial score (nSPS) is 20.8. The molecule has 154 valence electrons. The van der Waals surface area contributed by atoms with Crippen LogP contribution in [-0.2, 0) is 4.79 Å². The van der Waals surface area contributed by atoms with Crippen LogP contribution in [0, 0.1) is 13.8 Å². The summed E-state index contributed by atoms with van der Waals surface area (Å²) in [7, 11) is 0. The summed E-state index contributed by atoms with van der Waals surface area (Å²) in [5, 5.41) is 0. The summed E-state index contributed by atoms with van der Waals surface area (Å²) in [5.41, 5.74) is 2.03. The Labute approximate surface area is 172 Å². The SMILES string of the molecule is CC(=O)N1CCC(N2CC[C@@H](c3nc(C)cc(Oc4ccccc4C)n3)C2)CC1. The van der Waals surface area contributed by atoms with E-state index in [1.54, 1.807) is 6.92 Å². The second-order valence-electron chi connectivity index (χ2n) is 8.29. The molecule has 0 unspecified atom stereocenters. The topological polar surface area (TPSA) is 58.6 Å². The Balaban J connectivity index is 1.42. The summed E-state index contributed by atoms with van der Waals surface area (Å²) in [4.78, 5) is 25.6. The van der Waals surface area contributed by atoms with Gasteiger partial charge in [0.1, 0.15) is 11.6 Å². The zero-order valence-corrected chi connectivity index (χ0v) is 17.6. The van der Waals surface area contributed by atoms with E-state index < -0.39 is 0 Å². The number of aryl methyl sites for hydroxylation is 2. The Hall–Kier alpha value is -2.47. The Morgan fingerprint density at radius 2 is 1.83 bits per heavy atom. The molecule has 2 fully saturated rings. The highest BCUT2D eigenvalue weighted by Crippen LogP contribution is 2.31. The van der Waals surface area contributed by atoms with E-state index in [4.69, 9.17) is 14.7 Å². The fourth-order valence-electron chi connectivity index (χ4n) is 4.46. The third kappa shape index (κ3) is 4.58. The Kier molecular flexibility index (Phi) is 5.81. The molecule has 0 spiro atoms. The second-order valence-corrected chi connectivity index (χ2v) is 8.29. The molecule has 3 heterocycles. The van der Waals surface area contributed by atoms with Crippen LogP contribution in [0.3, 0.4) is 0 Å². The largest absolute Gasteiger partial charge is 0.439 e. The fourth-order valence-corrected chi connectivity index (χ4v) is 4.46. The van der Waals surface area contributed by atoms with Crippen LogP contribution in [0.2, 0.25) is 0 Å². The first-order valence-electron chi connectivity index (χ1n) is 10.6. The minimum atomic E-state index is 0.192. The standard InChI is InChI=1S/C23H30N4O2/c1-16-6-4-5-7-21(16)29-22-14-17(2)24-23(25-22)19-8-11-27(15-19)20-9-12-26(13-10-20)18(3)28/h4-7,14,19-20H,8-13,15H2,1-3H3/t19-/m1/s1. The molecule has 2 saturated heterocycles. The third-order valence-electron chi connectivity index (χ3n) is 6.17.